The normalized spacial score (nSPS) is 14.2. The first-order valence-corrected chi connectivity index (χ1v) is 7.20. The summed E-state index contributed by atoms with van der Waals surface area (Å²) < 4.78 is 5.07. The van der Waals surface area contributed by atoms with Crippen LogP contribution in [0.25, 0.3) is 0 Å². The molecule has 4 nitrogen and oxygen atoms in total. The van der Waals surface area contributed by atoms with E-state index in [1.807, 2.05) is 6.92 Å². The number of hydrogen-bond acceptors (Lipinski definition) is 3. The van der Waals surface area contributed by atoms with Gasteiger partial charge in [-0.05, 0) is 19.8 Å². The van der Waals surface area contributed by atoms with Crippen molar-refractivity contribution in [3.05, 3.63) is 0 Å². The van der Waals surface area contributed by atoms with Gasteiger partial charge < -0.3 is 15.2 Å². The van der Waals surface area contributed by atoms with Crippen LogP contribution in [-0.4, -0.2) is 36.4 Å². The maximum atomic E-state index is 11.6. The summed E-state index contributed by atoms with van der Waals surface area (Å²) in [6, 6.07) is -0.135. The largest absolute Gasteiger partial charge is 0.391 e. The van der Waals surface area contributed by atoms with Crippen molar-refractivity contribution in [2.75, 3.05) is 13.2 Å². The fourth-order valence-electron chi connectivity index (χ4n) is 1.84. The Bertz CT molecular complexity index is 209. The van der Waals surface area contributed by atoms with Gasteiger partial charge in [0.25, 0.3) is 0 Å². The van der Waals surface area contributed by atoms with Crippen LogP contribution in [0.1, 0.15) is 59.3 Å². The molecular formula is C14H29NO3. The topological polar surface area (TPSA) is 58.6 Å². The minimum absolute atomic E-state index is 0.0830. The van der Waals surface area contributed by atoms with E-state index in [0.717, 1.165) is 38.5 Å². The molecule has 0 aliphatic rings. The molecule has 108 valence electrons. The highest BCUT2D eigenvalue weighted by atomic mass is 16.5. The van der Waals surface area contributed by atoms with E-state index in [1.54, 1.807) is 0 Å². The molecule has 0 saturated heterocycles. The van der Waals surface area contributed by atoms with E-state index < -0.39 is 6.10 Å². The Morgan fingerprint density at radius 1 is 1.17 bits per heavy atom. The molecule has 0 radical (unpaired) electrons. The SMILES string of the molecule is CCCCC(O)C(CCCC)NC(=O)COCC. The average Bonchev–Trinajstić information content (AvgIpc) is 2.38. The van der Waals surface area contributed by atoms with Gasteiger partial charge in [0.1, 0.15) is 6.61 Å². The fourth-order valence-corrected chi connectivity index (χ4v) is 1.84. The first-order valence-electron chi connectivity index (χ1n) is 7.20. The first-order chi connectivity index (χ1) is 8.65. The van der Waals surface area contributed by atoms with E-state index in [4.69, 9.17) is 4.74 Å². The molecule has 0 aromatic heterocycles. The summed E-state index contributed by atoms with van der Waals surface area (Å²) in [5, 5.41) is 13.0. The van der Waals surface area contributed by atoms with Crippen molar-refractivity contribution in [1.82, 2.24) is 5.32 Å². The predicted molar refractivity (Wildman–Crippen MR) is 73.5 cm³/mol. The highest BCUT2D eigenvalue weighted by molar-refractivity contribution is 5.77. The molecule has 0 bridgehead atoms. The van der Waals surface area contributed by atoms with Crippen molar-refractivity contribution in [1.29, 1.82) is 0 Å². The summed E-state index contributed by atoms with van der Waals surface area (Å²) in [6.45, 7) is 6.68. The lowest BCUT2D eigenvalue weighted by Crippen LogP contribution is -2.44. The molecular weight excluding hydrogens is 230 g/mol. The van der Waals surface area contributed by atoms with E-state index in [9.17, 15) is 9.90 Å². The van der Waals surface area contributed by atoms with E-state index in [-0.39, 0.29) is 18.6 Å². The van der Waals surface area contributed by atoms with Gasteiger partial charge in [0.15, 0.2) is 0 Å². The third-order valence-corrected chi connectivity index (χ3v) is 2.97. The molecule has 0 heterocycles. The Labute approximate surface area is 111 Å². The van der Waals surface area contributed by atoms with Gasteiger partial charge in [-0.15, -0.1) is 0 Å². The number of aliphatic hydroxyl groups excluding tert-OH is 1. The maximum Gasteiger partial charge on any atom is 0.246 e. The third-order valence-electron chi connectivity index (χ3n) is 2.97. The number of carbonyl (C=O) groups is 1. The minimum atomic E-state index is -0.443. The van der Waals surface area contributed by atoms with Crippen LogP contribution in [0.15, 0.2) is 0 Å². The van der Waals surface area contributed by atoms with Gasteiger partial charge in [0.05, 0.1) is 12.1 Å². The number of amides is 1. The molecule has 0 aliphatic carbocycles. The Morgan fingerprint density at radius 3 is 2.33 bits per heavy atom. The standard InChI is InChI=1S/C14H29NO3/c1-4-7-9-12(13(16)10-8-5-2)15-14(17)11-18-6-3/h12-13,16H,4-11H2,1-3H3,(H,15,17). The van der Waals surface area contributed by atoms with Gasteiger partial charge in [-0.25, -0.2) is 0 Å². The number of unbranched alkanes of at least 4 members (excludes halogenated alkanes) is 2. The Balaban J connectivity index is 4.15. The summed E-state index contributed by atoms with van der Waals surface area (Å²) in [6.07, 6.45) is 5.28. The molecule has 4 heteroatoms. The number of ether oxygens (including phenoxy) is 1. The zero-order valence-corrected chi connectivity index (χ0v) is 12.1. The summed E-state index contributed by atoms with van der Waals surface area (Å²) in [7, 11) is 0. The molecule has 0 aromatic carbocycles. The molecule has 1 amide bonds. The van der Waals surface area contributed by atoms with Gasteiger partial charge >= 0.3 is 0 Å². The lowest BCUT2D eigenvalue weighted by molar-refractivity contribution is -0.127. The van der Waals surface area contributed by atoms with Crippen LogP contribution in [0, 0.1) is 0 Å². The van der Waals surface area contributed by atoms with Crippen molar-refractivity contribution in [3.8, 4) is 0 Å². The van der Waals surface area contributed by atoms with Gasteiger partial charge in [0.2, 0.25) is 5.91 Å². The number of aliphatic hydroxyl groups is 1. The molecule has 0 rings (SSSR count). The highest BCUT2D eigenvalue weighted by Gasteiger charge is 2.20. The molecule has 0 aliphatic heterocycles. The van der Waals surface area contributed by atoms with Gasteiger partial charge in [-0.3, -0.25) is 4.79 Å². The number of rotatable bonds is 11. The Morgan fingerprint density at radius 2 is 1.78 bits per heavy atom. The first kappa shape index (κ1) is 17.4. The van der Waals surface area contributed by atoms with Crippen LogP contribution < -0.4 is 5.32 Å². The quantitative estimate of drug-likeness (QED) is 0.598. The molecule has 0 fully saturated rings. The zero-order valence-electron chi connectivity index (χ0n) is 12.1. The van der Waals surface area contributed by atoms with E-state index in [0.29, 0.717) is 6.61 Å². The average molecular weight is 259 g/mol. The number of carbonyl (C=O) groups excluding carboxylic acids is 1. The van der Waals surface area contributed by atoms with Crippen LogP contribution in [0.5, 0.6) is 0 Å². The van der Waals surface area contributed by atoms with Gasteiger partial charge in [-0.1, -0.05) is 39.5 Å². The van der Waals surface area contributed by atoms with E-state index in [1.165, 1.54) is 0 Å². The van der Waals surface area contributed by atoms with Crippen LogP contribution in [-0.2, 0) is 9.53 Å². The third kappa shape index (κ3) is 8.48. The summed E-state index contributed by atoms with van der Waals surface area (Å²) in [5.74, 6) is -0.131. The Hall–Kier alpha value is -0.610. The molecule has 2 unspecified atom stereocenters. The van der Waals surface area contributed by atoms with Gasteiger partial charge in [-0.2, -0.15) is 0 Å². The van der Waals surface area contributed by atoms with Crippen LogP contribution >= 0.6 is 0 Å². The van der Waals surface area contributed by atoms with Crippen molar-refractivity contribution in [3.63, 3.8) is 0 Å². The number of nitrogens with one attached hydrogen (secondary N) is 1. The predicted octanol–water partition coefficient (Wildman–Crippen LogP) is 2.25. The molecule has 2 atom stereocenters. The van der Waals surface area contributed by atoms with Crippen molar-refractivity contribution >= 4 is 5.91 Å². The zero-order chi connectivity index (χ0) is 13.8. The second kappa shape index (κ2) is 11.5. The van der Waals surface area contributed by atoms with E-state index >= 15 is 0 Å². The molecule has 0 aromatic rings. The van der Waals surface area contributed by atoms with Crippen LogP contribution in [0.3, 0.4) is 0 Å². The molecule has 2 N–H and O–H groups in total. The van der Waals surface area contributed by atoms with Crippen molar-refractivity contribution < 1.29 is 14.6 Å². The molecule has 0 spiro atoms. The fraction of sp³-hybridized carbons (Fsp3) is 0.929. The van der Waals surface area contributed by atoms with Crippen LogP contribution in [0.4, 0.5) is 0 Å². The second-order valence-corrected chi connectivity index (χ2v) is 4.66. The molecule has 0 saturated carbocycles. The smallest absolute Gasteiger partial charge is 0.246 e. The summed E-state index contributed by atoms with van der Waals surface area (Å²) >= 11 is 0. The monoisotopic (exact) mass is 259 g/mol. The Kier molecular flexibility index (Phi) is 11.1. The van der Waals surface area contributed by atoms with Crippen molar-refractivity contribution in [2.45, 2.75) is 71.4 Å². The van der Waals surface area contributed by atoms with Crippen LogP contribution in [0.2, 0.25) is 0 Å². The lowest BCUT2D eigenvalue weighted by Gasteiger charge is -2.24. The second-order valence-electron chi connectivity index (χ2n) is 4.66. The summed E-state index contributed by atoms with van der Waals surface area (Å²) in [4.78, 5) is 11.6. The van der Waals surface area contributed by atoms with Gasteiger partial charge in [0, 0.05) is 6.61 Å². The number of hydrogen-bond donors (Lipinski definition) is 2. The van der Waals surface area contributed by atoms with Crippen molar-refractivity contribution in [2.24, 2.45) is 0 Å². The molecule has 18 heavy (non-hydrogen) atoms. The van der Waals surface area contributed by atoms with E-state index in [2.05, 4.69) is 19.2 Å². The lowest BCUT2D eigenvalue weighted by atomic mass is 9.99. The summed E-state index contributed by atoms with van der Waals surface area (Å²) in [5.41, 5.74) is 0. The highest BCUT2D eigenvalue weighted by Crippen LogP contribution is 2.11. The maximum absolute atomic E-state index is 11.6. The minimum Gasteiger partial charge on any atom is -0.391 e.